The highest BCUT2D eigenvalue weighted by molar-refractivity contribution is 5.69. The van der Waals surface area contributed by atoms with Gasteiger partial charge in [0.15, 0.2) is 6.10 Å². The standard InChI is InChI=1S/C29H54O5/c1-3-4-5-6-7-8-9-10-11-12-13-14-15-16-17-18-19-20-21-22-23-24-29(32)34-28(25-30)26-33-27(2)31/h12-13,28,30H,3-11,14-26H2,1-2H3/b13-12-. The van der Waals surface area contributed by atoms with Crippen molar-refractivity contribution in [1.29, 1.82) is 0 Å². The van der Waals surface area contributed by atoms with Crippen molar-refractivity contribution in [3.8, 4) is 0 Å². The van der Waals surface area contributed by atoms with Crippen LogP contribution < -0.4 is 0 Å². The van der Waals surface area contributed by atoms with Crippen molar-refractivity contribution in [3.63, 3.8) is 0 Å². The lowest BCUT2D eigenvalue weighted by Gasteiger charge is -2.15. The van der Waals surface area contributed by atoms with Crippen LogP contribution >= 0.6 is 0 Å². The van der Waals surface area contributed by atoms with E-state index in [1.807, 2.05) is 0 Å². The Morgan fingerprint density at radius 1 is 0.706 bits per heavy atom. The second kappa shape index (κ2) is 26.2. The monoisotopic (exact) mass is 482 g/mol. The molecule has 0 aromatic rings. The third-order valence-corrected chi connectivity index (χ3v) is 6.12. The van der Waals surface area contributed by atoms with Gasteiger partial charge < -0.3 is 14.6 Å². The molecule has 5 heteroatoms. The van der Waals surface area contributed by atoms with E-state index in [0.717, 1.165) is 19.3 Å². The van der Waals surface area contributed by atoms with Crippen LogP contribution in [0.3, 0.4) is 0 Å². The van der Waals surface area contributed by atoms with Crippen molar-refractivity contribution >= 4 is 11.9 Å². The fourth-order valence-corrected chi connectivity index (χ4v) is 3.98. The van der Waals surface area contributed by atoms with Gasteiger partial charge in [-0.05, 0) is 32.1 Å². The van der Waals surface area contributed by atoms with Crippen molar-refractivity contribution in [2.24, 2.45) is 0 Å². The molecule has 200 valence electrons. The van der Waals surface area contributed by atoms with Crippen LogP contribution in [0.2, 0.25) is 0 Å². The lowest BCUT2D eigenvalue weighted by Crippen LogP contribution is -2.28. The van der Waals surface area contributed by atoms with Crippen LogP contribution in [0.4, 0.5) is 0 Å². The average molecular weight is 483 g/mol. The number of unbranched alkanes of at least 4 members (excludes halogenated alkanes) is 17. The molecule has 0 amide bonds. The number of allylic oxidation sites excluding steroid dienone is 2. The summed E-state index contributed by atoms with van der Waals surface area (Å²) in [7, 11) is 0. The molecule has 0 bridgehead atoms. The molecule has 0 radical (unpaired) electrons. The van der Waals surface area contributed by atoms with E-state index in [1.165, 1.54) is 110 Å². The average Bonchev–Trinajstić information content (AvgIpc) is 2.82. The fourth-order valence-electron chi connectivity index (χ4n) is 3.98. The van der Waals surface area contributed by atoms with E-state index in [0.29, 0.717) is 6.42 Å². The maximum atomic E-state index is 11.8. The molecule has 0 fully saturated rings. The first-order chi connectivity index (χ1) is 16.6. The molecular formula is C29H54O5. The Morgan fingerprint density at radius 3 is 1.59 bits per heavy atom. The molecule has 5 nitrogen and oxygen atoms in total. The Hall–Kier alpha value is -1.36. The summed E-state index contributed by atoms with van der Waals surface area (Å²) >= 11 is 0. The molecule has 0 spiro atoms. The van der Waals surface area contributed by atoms with Gasteiger partial charge in [-0.1, -0.05) is 109 Å². The molecule has 0 aliphatic heterocycles. The van der Waals surface area contributed by atoms with Gasteiger partial charge in [-0.2, -0.15) is 0 Å². The van der Waals surface area contributed by atoms with E-state index < -0.39 is 12.1 Å². The van der Waals surface area contributed by atoms with Crippen LogP contribution in [0.15, 0.2) is 12.2 Å². The summed E-state index contributed by atoms with van der Waals surface area (Å²) in [5.74, 6) is -0.784. The van der Waals surface area contributed by atoms with Gasteiger partial charge in [0, 0.05) is 13.3 Å². The van der Waals surface area contributed by atoms with Gasteiger partial charge in [0.25, 0.3) is 0 Å². The van der Waals surface area contributed by atoms with Gasteiger partial charge in [-0.3, -0.25) is 9.59 Å². The first-order valence-corrected chi connectivity index (χ1v) is 14.2. The van der Waals surface area contributed by atoms with Gasteiger partial charge in [0.2, 0.25) is 0 Å². The number of rotatable bonds is 25. The summed E-state index contributed by atoms with van der Waals surface area (Å²) in [6, 6.07) is 0. The highest BCUT2D eigenvalue weighted by Crippen LogP contribution is 2.13. The second-order valence-corrected chi connectivity index (χ2v) is 9.55. The van der Waals surface area contributed by atoms with Crippen molar-refractivity contribution < 1.29 is 24.2 Å². The van der Waals surface area contributed by atoms with Crippen LogP contribution in [-0.4, -0.2) is 36.4 Å². The Labute approximate surface area is 210 Å². The Bertz CT molecular complexity index is 489. The number of carbonyl (C=O) groups is 2. The predicted molar refractivity (Wildman–Crippen MR) is 141 cm³/mol. The molecule has 0 saturated carbocycles. The number of hydrogen-bond donors (Lipinski definition) is 1. The number of esters is 2. The third kappa shape index (κ3) is 25.3. The van der Waals surface area contributed by atoms with Crippen molar-refractivity contribution in [2.75, 3.05) is 13.2 Å². The molecule has 1 unspecified atom stereocenters. The lowest BCUT2D eigenvalue weighted by atomic mass is 10.1. The van der Waals surface area contributed by atoms with Crippen LogP contribution in [0, 0.1) is 0 Å². The first-order valence-electron chi connectivity index (χ1n) is 14.2. The van der Waals surface area contributed by atoms with Gasteiger partial charge in [0.05, 0.1) is 6.61 Å². The fraction of sp³-hybridized carbons (Fsp3) is 0.862. The zero-order valence-electron chi connectivity index (χ0n) is 22.4. The molecule has 0 heterocycles. The SMILES string of the molecule is CCCCCCCCCC/C=C\CCCCCCCCCCCC(=O)OC(CO)COC(C)=O. The molecular weight excluding hydrogens is 428 g/mol. The van der Waals surface area contributed by atoms with Gasteiger partial charge >= 0.3 is 11.9 Å². The van der Waals surface area contributed by atoms with Crippen molar-refractivity contribution in [2.45, 2.75) is 148 Å². The predicted octanol–water partition coefficient (Wildman–Crippen LogP) is 7.83. The van der Waals surface area contributed by atoms with E-state index in [-0.39, 0.29) is 19.2 Å². The normalized spacial score (nSPS) is 12.2. The molecule has 34 heavy (non-hydrogen) atoms. The molecule has 1 N–H and O–H groups in total. The van der Waals surface area contributed by atoms with E-state index >= 15 is 0 Å². The van der Waals surface area contributed by atoms with E-state index in [2.05, 4.69) is 19.1 Å². The van der Waals surface area contributed by atoms with Crippen LogP contribution in [0.1, 0.15) is 142 Å². The Kier molecular flexibility index (Phi) is 25.2. The number of aliphatic hydroxyl groups excluding tert-OH is 1. The molecule has 0 aromatic carbocycles. The Morgan fingerprint density at radius 2 is 1.15 bits per heavy atom. The minimum Gasteiger partial charge on any atom is -0.462 e. The summed E-state index contributed by atoms with van der Waals surface area (Å²) in [4.78, 5) is 22.6. The van der Waals surface area contributed by atoms with E-state index in [1.54, 1.807) is 0 Å². The van der Waals surface area contributed by atoms with Gasteiger partial charge in [-0.25, -0.2) is 0 Å². The summed E-state index contributed by atoms with van der Waals surface area (Å²) in [6.45, 7) is 3.13. The lowest BCUT2D eigenvalue weighted by molar-refractivity contribution is -0.160. The molecule has 0 aromatic heterocycles. The highest BCUT2D eigenvalue weighted by Gasteiger charge is 2.14. The zero-order chi connectivity index (χ0) is 25.1. The van der Waals surface area contributed by atoms with Crippen LogP contribution in [0.25, 0.3) is 0 Å². The van der Waals surface area contributed by atoms with Crippen LogP contribution in [0.5, 0.6) is 0 Å². The number of carbonyl (C=O) groups excluding carboxylic acids is 2. The zero-order valence-corrected chi connectivity index (χ0v) is 22.4. The van der Waals surface area contributed by atoms with E-state index in [4.69, 9.17) is 14.6 Å². The van der Waals surface area contributed by atoms with E-state index in [9.17, 15) is 9.59 Å². The molecule has 0 aliphatic rings. The second-order valence-electron chi connectivity index (χ2n) is 9.55. The summed E-state index contributed by atoms with van der Waals surface area (Å²) in [5, 5.41) is 9.16. The summed E-state index contributed by atoms with van der Waals surface area (Å²) in [5.41, 5.74) is 0. The van der Waals surface area contributed by atoms with Crippen LogP contribution in [-0.2, 0) is 19.1 Å². The molecule has 1 atom stereocenters. The minimum atomic E-state index is -0.762. The maximum Gasteiger partial charge on any atom is 0.306 e. The largest absolute Gasteiger partial charge is 0.462 e. The maximum absolute atomic E-state index is 11.8. The summed E-state index contributed by atoms with van der Waals surface area (Å²) < 4.78 is 9.89. The van der Waals surface area contributed by atoms with Crippen molar-refractivity contribution in [3.05, 3.63) is 12.2 Å². The minimum absolute atomic E-state index is 0.0901. The smallest absolute Gasteiger partial charge is 0.306 e. The molecule has 0 saturated heterocycles. The topological polar surface area (TPSA) is 72.8 Å². The quantitative estimate of drug-likeness (QED) is 0.0815. The number of ether oxygens (including phenoxy) is 2. The van der Waals surface area contributed by atoms with Crippen molar-refractivity contribution in [1.82, 2.24) is 0 Å². The van der Waals surface area contributed by atoms with Gasteiger partial charge in [0.1, 0.15) is 6.61 Å². The number of aliphatic hydroxyl groups is 1. The molecule has 0 rings (SSSR count). The first kappa shape index (κ1) is 32.6. The molecule has 0 aliphatic carbocycles. The van der Waals surface area contributed by atoms with Gasteiger partial charge in [-0.15, -0.1) is 0 Å². The summed E-state index contributed by atoms with van der Waals surface area (Å²) in [6.07, 6.45) is 28.7. The number of hydrogen-bond acceptors (Lipinski definition) is 5. The third-order valence-electron chi connectivity index (χ3n) is 6.12. The highest BCUT2D eigenvalue weighted by atomic mass is 16.6. The Balaban J connectivity index is 3.32.